The molecule has 3 rings (SSSR count). The second-order valence-corrected chi connectivity index (χ2v) is 5.20. The topological polar surface area (TPSA) is 126 Å². The summed E-state index contributed by atoms with van der Waals surface area (Å²) in [4.78, 5) is 29.5. The summed E-state index contributed by atoms with van der Waals surface area (Å²) in [5.74, 6) is 0.679. The predicted molar refractivity (Wildman–Crippen MR) is 82.0 cm³/mol. The van der Waals surface area contributed by atoms with Gasteiger partial charge in [-0.1, -0.05) is 0 Å². The van der Waals surface area contributed by atoms with Crippen molar-refractivity contribution in [2.75, 3.05) is 24.3 Å². The van der Waals surface area contributed by atoms with Gasteiger partial charge in [-0.05, 0) is 25.1 Å². The molecule has 9 heteroatoms. The summed E-state index contributed by atoms with van der Waals surface area (Å²) in [6.07, 6.45) is 0. The lowest BCUT2D eigenvalue weighted by molar-refractivity contribution is -0.120. The van der Waals surface area contributed by atoms with Crippen molar-refractivity contribution in [2.24, 2.45) is 0 Å². The lowest BCUT2D eigenvalue weighted by Gasteiger charge is -2.26. The average Bonchev–Trinajstić information content (AvgIpc) is 2.97. The first-order chi connectivity index (χ1) is 11.0. The first kappa shape index (κ1) is 14.8. The van der Waals surface area contributed by atoms with E-state index in [9.17, 15) is 9.59 Å². The average molecular weight is 316 g/mol. The Balaban J connectivity index is 1.79. The zero-order valence-electron chi connectivity index (χ0n) is 12.7. The van der Waals surface area contributed by atoms with Crippen LogP contribution in [0.4, 0.5) is 11.6 Å². The molecule has 0 unspecified atom stereocenters. The summed E-state index contributed by atoms with van der Waals surface area (Å²) in [6, 6.07) is 4.53. The van der Waals surface area contributed by atoms with Crippen LogP contribution in [0.5, 0.6) is 5.75 Å². The number of nitrogens with two attached hydrogens (primary N) is 1. The van der Waals surface area contributed by atoms with Gasteiger partial charge in [0.1, 0.15) is 11.6 Å². The highest BCUT2D eigenvalue weighted by molar-refractivity contribution is 6.01. The second kappa shape index (κ2) is 5.59. The summed E-state index contributed by atoms with van der Waals surface area (Å²) in [5, 5.41) is 9.16. The molecule has 0 bridgehead atoms. The quantitative estimate of drug-likeness (QED) is 0.744. The van der Waals surface area contributed by atoms with E-state index < -0.39 is 0 Å². The molecular weight excluding hydrogens is 300 g/mol. The van der Waals surface area contributed by atoms with Crippen molar-refractivity contribution in [1.29, 1.82) is 0 Å². The summed E-state index contributed by atoms with van der Waals surface area (Å²) in [7, 11) is 1.64. The molecule has 0 spiro atoms. The Hall–Kier alpha value is -3.10. The molecule has 9 nitrogen and oxygen atoms in total. The second-order valence-electron chi connectivity index (χ2n) is 5.20. The number of aromatic amines is 1. The van der Waals surface area contributed by atoms with E-state index in [0.717, 1.165) is 0 Å². The number of benzene rings is 1. The van der Waals surface area contributed by atoms with Gasteiger partial charge in [0.15, 0.2) is 6.61 Å². The minimum atomic E-state index is -0.390. The lowest BCUT2D eigenvalue weighted by atomic mass is 10.1. The number of rotatable bonds is 3. The summed E-state index contributed by atoms with van der Waals surface area (Å²) >= 11 is 0. The summed E-state index contributed by atoms with van der Waals surface area (Å²) < 4.78 is 5.33. The van der Waals surface area contributed by atoms with Crippen molar-refractivity contribution < 1.29 is 14.3 Å². The maximum Gasteiger partial charge on any atom is 0.264 e. The highest BCUT2D eigenvalue weighted by Gasteiger charge is 2.24. The molecule has 2 heterocycles. The number of H-pyrrole nitrogens is 1. The van der Waals surface area contributed by atoms with E-state index in [2.05, 4.69) is 20.5 Å². The number of nitrogens with zero attached hydrogens (tertiary/aromatic N) is 3. The first-order valence-corrected chi connectivity index (χ1v) is 6.97. The number of fused-ring (bicyclic) bond motifs is 1. The smallest absolute Gasteiger partial charge is 0.264 e. The molecule has 1 aromatic carbocycles. The third kappa shape index (κ3) is 2.80. The number of likely N-dealkylation sites (N-methyl/N-ethyl adjacent to an activating group) is 1. The van der Waals surface area contributed by atoms with Crippen LogP contribution < -0.4 is 20.7 Å². The number of carbonyl (C=O) groups excluding carboxylic acids is 2. The van der Waals surface area contributed by atoms with Crippen molar-refractivity contribution in [2.45, 2.75) is 13.0 Å². The molecule has 1 aromatic heterocycles. The number of hydrogen-bond acceptors (Lipinski definition) is 6. The molecule has 120 valence electrons. The normalized spacial score (nSPS) is 14.9. The van der Waals surface area contributed by atoms with Gasteiger partial charge >= 0.3 is 0 Å². The Morgan fingerprint density at radius 3 is 3.00 bits per heavy atom. The Morgan fingerprint density at radius 1 is 1.52 bits per heavy atom. The van der Waals surface area contributed by atoms with E-state index in [4.69, 9.17) is 10.5 Å². The molecule has 0 radical (unpaired) electrons. The Labute approximate surface area is 131 Å². The molecule has 23 heavy (non-hydrogen) atoms. The van der Waals surface area contributed by atoms with Crippen molar-refractivity contribution in [1.82, 2.24) is 20.5 Å². The number of amides is 2. The lowest BCUT2D eigenvalue weighted by Crippen LogP contribution is -2.36. The summed E-state index contributed by atoms with van der Waals surface area (Å²) in [5.41, 5.74) is 6.42. The van der Waals surface area contributed by atoms with Gasteiger partial charge in [0.05, 0.1) is 11.7 Å². The van der Waals surface area contributed by atoms with Crippen LogP contribution in [0.1, 0.15) is 29.1 Å². The molecule has 4 N–H and O–H groups in total. The number of ether oxygens (including phenoxy) is 1. The van der Waals surface area contributed by atoms with Crippen molar-refractivity contribution in [3.8, 4) is 5.75 Å². The number of carbonyl (C=O) groups is 2. The number of nitrogens with one attached hydrogen (secondary N) is 2. The van der Waals surface area contributed by atoms with Crippen LogP contribution in [0.25, 0.3) is 0 Å². The Morgan fingerprint density at radius 2 is 2.30 bits per heavy atom. The van der Waals surface area contributed by atoms with Crippen molar-refractivity contribution >= 4 is 23.5 Å². The van der Waals surface area contributed by atoms with Crippen LogP contribution in [-0.2, 0) is 4.79 Å². The molecular formula is C14H16N6O3. The standard InChI is InChI=1S/C14H16N6O3/c1-7(12-17-14(15)19-18-12)16-13(22)8-3-4-10-9(5-8)20(2)11(21)6-23-10/h3-5,7H,6H2,1-2H3,(H,16,22)(H3,15,17,18,19)/t7-/m1/s1. The SMILES string of the molecule is C[C@@H](NC(=O)c1ccc2c(c1)N(C)C(=O)CO2)c1nc(N)n[nH]1. The summed E-state index contributed by atoms with van der Waals surface area (Å²) in [6.45, 7) is 1.76. The van der Waals surface area contributed by atoms with E-state index in [1.54, 1.807) is 32.2 Å². The van der Waals surface area contributed by atoms with Gasteiger partial charge in [0, 0.05) is 12.6 Å². The van der Waals surface area contributed by atoms with E-state index in [0.29, 0.717) is 22.8 Å². The minimum Gasteiger partial charge on any atom is -0.482 e. The molecule has 0 saturated carbocycles. The van der Waals surface area contributed by atoms with Crippen molar-refractivity contribution in [3.05, 3.63) is 29.6 Å². The minimum absolute atomic E-state index is 0.000999. The fraction of sp³-hybridized carbons (Fsp3) is 0.286. The van der Waals surface area contributed by atoms with Gasteiger partial charge < -0.3 is 20.7 Å². The highest BCUT2D eigenvalue weighted by atomic mass is 16.5. The van der Waals surface area contributed by atoms with Gasteiger partial charge in [-0.3, -0.25) is 14.7 Å². The van der Waals surface area contributed by atoms with Crippen LogP contribution in [-0.4, -0.2) is 40.7 Å². The molecule has 0 aliphatic carbocycles. The van der Waals surface area contributed by atoms with Gasteiger partial charge in [-0.15, -0.1) is 5.10 Å². The van der Waals surface area contributed by atoms with Crippen LogP contribution in [0.15, 0.2) is 18.2 Å². The van der Waals surface area contributed by atoms with Crippen LogP contribution in [0.3, 0.4) is 0 Å². The molecule has 2 amide bonds. The van der Waals surface area contributed by atoms with Gasteiger partial charge in [0.2, 0.25) is 5.95 Å². The fourth-order valence-electron chi connectivity index (χ4n) is 2.24. The third-order valence-corrected chi connectivity index (χ3v) is 3.59. The first-order valence-electron chi connectivity index (χ1n) is 6.97. The Kier molecular flexibility index (Phi) is 3.61. The fourth-order valence-corrected chi connectivity index (χ4v) is 2.24. The molecule has 1 aliphatic rings. The van der Waals surface area contributed by atoms with E-state index in [1.807, 2.05) is 0 Å². The molecule has 0 saturated heterocycles. The van der Waals surface area contributed by atoms with Gasteiger partial charge in [-0.2, -0.15) is 4.98 Å². The van der Waals surface area contributed by atoms with Crippen LogP contribution >= 0.6 is 0 Å². The zero-order chi connectivity index (χ0) is 16.6. The van der Waals surface area contributed by atoms with Crippen LogP contribution in [0.2, 0.25) is 0 Å². The number of anilines is 2. The molecule has 1 atom stereocenters. The van der Waals surface area contributed by atoms with E-state index in [1.165, 1.54) is 4.90 Å². The van der Waals surface area contributed by atoms with E-state index >= 15 is 0 Å². The maximum absolute atomic E-state index is 12.4. The largest absolute Gasteiger partial charge is 0.482 e. The molecule has 1 aliphatic heterocycles. The highest BCUT2D eigenvalue weighted by Crippen LogP contribution is 2.32. The van der Waals surface area contributed by atoms with Crippen molar-refractivity contribution in [3.63, 3.8) is 0 Å². The maximum atomic E-state index is 12.4. The number of nitrogen functional groups attached to an aromatic ring is 1. The number of hydrogen-bond donors (Lipinski definition) is 3. The van der Waals surface area contributed by atoms with E-state index in [-0.39, 0.29) is 30.4 Å². The third-order valence-electron chi connectivity index (χ3n) is 3.59. The molecule has 2 aromatic rings. The molecule has 0 fully saturated rings. The zero-order valence-corrected chi connectivity index (χ0v) is 12.7. The number of aromatic nitrogens is 3. The monoisotopic (exact) mass is 316 g/mol. The van der Waals surface area contributed by atoms with Gasteiger partial charge in [0.25, 0.3) is 11.8 Å². The Bertz CT molecular complexity index is 772. The predicted octanol–water partition coefficient (Wildman–Crippen LogP) is 0.233. The van der Waals surface area contributed by atoms with Crippen LogP contribution in [0, 0.1) is 0 Å². The van der Waals surface area contributed by atoms with Gasteiger partial charge in [-0.25, -0.2) is 0 Å².